The summed E-state index contributed by atoms with van der Waals surface area (Å²) in [5.41, 5.74) is 0.459. The minimum absolute atomic E-state index is 0.0135. The summed E-state index contributed by atoms with van der Waals surface area (Å²) >= 11 is 6.97. The third kappa shape index (κ3) is 6.46. The number of carbonyl (C=O) groups is 1. The molecule has 0 radical (unpaired) electrons. The van der Waals surface area contributed by atoms with Crippen LogP contribution < -0.4 is 0 Å². The molecule has 0 N–H and O–H groups in total. The number of ether oxygens (including phenoxy) is 1. The van der Waals surface area contributed by atoms with Crippen LogP contribution in [0, 0.1) is 0 Å². The second-order valence-corrected chi connectivity index (χ2v) is 14.4. The molecule has 0 heterocycles. The zero-order valence-corrected chi connectivity index (χ0v) is 12.2. The van der Waals surface area contributed by atoms with Gasteiger partial charge in [-0.3, -0.25) is 0 Å². The largest absolute Gasteiger partial charge is 0.459 e. The summed E-state index contributed by atoms with van der Waals surface area (Å²) in [7, 11) is 0. The van der Waals surface area contributed by atoms with E-state index in [0.29, 0.717) is 5.57 Å². The van der Waals surface area contributed by atoms with Gasteiger partial charge in [-0.2, -0.15) is 0 Å². The quantitative estimate of drug-likeness (QED) is 0.335. The summed E-state index contributed by atoms with van der Waals surface area (Å²) < 4.78 is 5.21. The first-order valence-corrected chi connectivity index (χ1v) is 11.3. The third-order valence-electron chi connectivity index (χ3n) is 1.52. The first-order valence-electron chi connectivity index (χ1n) is 4.12. The molecule has 13 heavy (non-hydrogen) atoms. The van der Waals surface area contributed by atoms with Crippen LogP contribution in [0.4, 0.5) is 0 Å². The molecular weight excluding hydrogens is 316 g/mol. The highest BCUT2D eigenvalue weighted by Gasteiger charge is 2.16. The summed E-state index contributed by atoms with van der Waals surface area (Å²) in [4.78, 5) is 11.2. The Balaban J connectivity index is 3.97. The molecule has 0 bridgehead atoms. The van der Waals surface area contributed by atoms with Gasteiger partial charge < -0.3 is 4.74 Å². The van der Waals surface area contributed by atoms with E-state index in [-0.39, 0.29) is 12.1 Å². The molecule has 0 fully saturated rings. The minimum atomic E-state index is -1.02. The number of hydrogen-bond donors (Lipinski definition) is 0. The highest BCUT2D eigenvalue weighted by atomic mass is 79.9. The monoisotopic (exact) mass is 328 g/mol. The number of rotatable bonds is 5. The molecule has 2 nitrogen and oxygen atoms in total. The summed E-state index contributed by atoms with van der Waals surface area (Å²) in [6, 6.07) is -0.120. The number of hydrogen-bond acceptors (Lipinski definition) is 2. The van der Waals surface area contributed by atoms with Crippen molar-refractivity contribution < 1.29 is 9.53 Å². The van der Waals surface area contributed by atoms with Gasteiger partial charge in [0.1, 0.15) is 6.10 Å². The number of esters is 1. The molecule has 5 heteroatoms. The SMILES string of the molecule is C=C(C)C(=O)OC(CC)C[SiH](Br)Br. The lowest BCUT2D eigenvalue weighted by atomic mass is 10.3. The summed E-state index contributed by atoms with van der Waals surface area (Å²) in [5, 5.41) is 0. The van der Waals surface area contributed by atoms with E-state index in [2.05, 4.69) is 37.2 Å². The van der Waals surface area contributed by atoms with Gasteiger partial charge in [-0.25, -0.2) is 4.79 Å². The second kappa shape index (κ2) is 6.78. The van der Waals surface area contributed by atoms with Gasteiger partial charge in [0.2, 0.25) is 0 Å². The molecule has 0 saturated carbocycles. The molecule has 1 atom stereocenters. The van der Waals surface area contributed by atoms with Crippen molar-refractivity contribution in [3.8, 4) is 0 Å². The van der Waals surface area contributed by atoms with Gasteiger partial charge in [0.15, 0.2) is 6.04 Å². The van der Waals surface area contributed by atoms with Crippen molar-refractivity contribution >= 4 is 42.6 Å². The standard InChI is InChI=1S/C8H14Br2O2Si/c1-4-7(5-13(9)10)12-8(11)6(2)3/h7,13H,2,4-5H2,1,3H3. The van der Waals surface area contributed by atoms with Crippen LogP contribution in [0.25, 0.3) is 0 Å². The zero-order chi connectivity index (χ0) is 10.4. The Morgan fingerprint density at radius 3 is 2.46 bits per heavy atom. The summed E-state index contributed by atoms with van der Waals surface area (Å²) in [6.07, 6.45) is 0.860. The van der Waals surface area contributed by atoms with Gasteiger partial charge in [0.25, 0.3) is 0 Å². The lowest BCUT2D eigenvalue weighted by Crippen LogP contribution is -2.20. The van der Waals surface area contributed by atoms with E-state index in [9.17, 15) is 4.79 Å². The van der Waals surface area contributed by atoms with E-state index in [1.807, 2.05) is 6.92 Å². The van der Waals surface area contributed by atoms with Gasteiger partial charge >= 0.3 is 5.97 Å². The Labute approximate surface area is 96.5 Å². The van der Waals surface area contributed by atoms with Crippen LogP contribution in [0.2, 0.25) is 6.04 Å². The molecule has 0 aliphatic carbocycles. The van der Waals surface area contributed by atoms with Crippen LogP contribution in [0.1, 0.15) is 20.3 Å². The lowest BCUT2D eigenvalue weighted by Gasteiger charge is -2.16. The average molecular weight is 330 g/mol. The molecule has 0 aromatic rings. The molecular formula is C8H14Br2O2Si. The van der Waals surface area contributed by atoms with Crippen molar-refractivity contribution in [3.63, 3.8) is 0 Å². The zero-order valence-electron chi connectivity index (χ0n) is 7.85. The number of carbonyl (C=O) groups excluding carboxylic acids is 1. The first-order chi connectivity index (χ1) is 5.97. The van der Waals surface area contributed by atoms with E-state index in [1.54, 1.807) is 6.92 Å². The molecule has 0 aliphatic rings. The molecule has 0 aromatic carbocycles. The maximum Gasteiger partial charge on any atom is 0.333 e. The van der Waals surface area contributed by atoms with Gasteiger partial charge in [0.05, 0.1) is 0 Å². The molecule has 0 saturated heterocycles. The fraction of sp³-hybridized carbons (Fsp3) is 0.625. The summed E-state index contributed by atoms with van der Waals surface area (Å²) in [5.74, 6) is -0.290. The Morgan fingerprint density at radius 1 is 1.62 bits per heavy atom. The lowest BCUT2D eigenvalue weighted by molar-refractivity contribution is -0.143. The predicted octanol–water partition coefficient (Wildman–Crippen LogP) is 2.89. The van der Waals surface area contributed by atoms with Crippen molar-refractivity contribution in [1.29, 1.82) is 0 Å². The van der Waals surface area contributed by atoms with Gasteiger partial charge in [-0.15, -0.1) is 30.6 Å². The Bertz CT molecular complexity index is 195. The maximum atomic E-state index is 11.2. The Morgan fingerprint density at radius 2 is 2.15 bits per heavy atom. The van der Waals surface area contributed by atoms with Crippen molar-refractivity contribution in [2.24, 2.45) is 0 Å². The van der Waals surface area contributed by atoms with Gasteiger partial charge in [-0.1, -0.05) is 13.5 Å². The van der Waals surface area contributed by atoms with Crippen molar-refractivity contribution in [2.75, 3.05) is 0 Å². The molecule has 1 unspecified atom stereocenters. The van der Waals surface area contributed by atoms with Crippen LogP contribution >= 0.6 is 30.6 Å². The van der Waals surface area contributed by atoms with Crippen LogP contribution in [0.5, 0.6) is 0 Å². The number of halogens is 2. The molecule has 0 spiro atoms. The van der Waals surface area contributed by atoms with Crippen LogP contribution in [-0.2, 0) is 9.53 Å². The predicted molar refractivity (Wildman–Crippen MR) is 64.8 cm³/mol. The van der Waals surface area contributed by atoms with Crippen molar-refractivity contribution in [2.45, 2.75) is 32.4 Å². The summed E-state index contributed by atoms with van der Waals surface area (Å²) in [6.45, 7) is 7.20. The van der Waals surface area contributed by atoms with E-state index >= 15 is 0 Å². The topological polar surface area (TPSA) is 26.3 Å². The molecule has 0 aromatic heterocycles. The van der Waals surface area contributed by atoms with Gasteiger partial charge in [0, 0.05) is 5.57 Å². The van der Waals surface area contributed by atoms with E-state index in [0.717, 1.165) is 12.5 Å². The van der Waals surface area contributed by atoms with E-state index in [1.165, 1.54) is 0 Å². The van der Waals surface area contributed by atoms with Crippen molar-refractivity contribution in [3.05, 3.63) is 12.2 Å². The fourth-order valence-corrected chi connectivity index (χ4v) is 4.08. The molecule has 0 rings (SSSR count). The van der Waals surface area contributed by atoms with E-state index < -0.39 is 6.04 Å². The van der Waals surface area contributed by atoms with Crippen LogP contribution in [0.15, 0.2) is 12.2 Å². The molecule has 76 valence electrons. The smallest absolute Gasteiger partial charge is 0.333 e. The second-order valence-electron chi connectivity index (χ2n) is 2.84. The minimum Gasteiger partial charge on any atom is -0.459 e. The average Bonchev–Trinajstić information content (AvgIpc) is 2.02. The van der Waals surface area contributed by atoms with Gasteiger partial charge in [-0.05, 0) is 19.4 Å². The first kappa shape index (κ1) is 13.4. The van der Waals surface area contributed by atoms with Crippen LogP contribution in [0.3, 0.4) is 0 Å². The van der Waals surface area contributed by atoms with E-state index in [4.69, 9.17) is 4.74 Å². The maximum absolute atomic E-state index is 11.2. The fourth-order valence-electron chi connectivity index (χ4n) is 0.749. The Hall–Kier alpha value is 0.387. The highest BCUT2D eigenvalue weighted by molar-refractivity contribution is 9.49. The Kier molecular flexibility index (Phi) is 6.99. The third-order valence-corrected chi connectivity index (χ3v) is 4.64. The normalized spacial score (nSPS) is 12.7. The highest BCUT2D eigenvalue weighted by Crippen LogP contribution is 2.16. The molecule has 0 aliphatic heterocycles. The molecule has 0 amide bonds. The van der Waals surface area contributed by atoms with Crippen LogP contribution in [-0.4, -0.2) is 18.1 Å². The van der Waals surface area contributed by atoms with Crippen molar-refractivity contribution in [1.82, 2.24) is 0 Å².